The number of nitrogens with zero attached hydrogens (tertiary/aromatic N) is 2. The minimum atomic E-state index is -3.81. The molecular formula is C18H17N3O4S. The molecule has 1 N–H and O–H groups in total. The summed E-state index contributed by atoms with van der Waals surface area (Å²) in [7, 11) is -3.81. The number of hydrogen-bond donors (Lipinski definition) is 1. The quantitative estimate of drug-likeness (QED) is 0.884. The average molecular weight is 371 g/mol. The van der Waals surface area contributed by atoms with E-state index in [1.54, 1.807) is 23.1 Å². The number of morpholine rings is 1. The van der Waals surface area contributed by atoms with Gasteiger partial charge in [0.05, 0.1) is 35.4 Å². The molecule has 0 saturated carbocycles. The Kier molecular flexibility index (Phi) is 5.21. The Morgan fingerprint density at radius 3 is 2.46 bits per heavy atom. The number of ether oxygens (including phenoxy) is 1. The van der Waals surface area contributed by atoms with Crippen LogP contribution in [0, 0.1) is 11.3 Å². The number of amides is 1. The van der Waals surface area contributed by atoms with E-state index in [0.29, 0.717) is 43.1 Å². The van der Waals surface area contributed by atoms with Crippen molar-refractivity contribution in [2.24, 2.45) is 0 Å². The van der Waals surface area contributed by atoms with Gasteiger partial charge in [-0.15, -0.1) is 0 Å². The van der Waals surface area contributed by atoms with Crippen molar-refractivity contribution >= 4 is 21.6 Å². The van der Waals surface area contributed by atoms with Crippen molar-refractivity contribution in [3.8, 4) is 6.07 Å². The predicted molar refractivity (Wildman–Crippen MR) is 95.1 cm³/mol. The van der Waals surface area contributed by atoms with Crippen molar-refractivity contribution in [1.82, 2.24) is 4.90 Å². The number of sulfonamides is 1. The van der Waals surface area contributed by atoms with Crippen molar-refractivity contribution in [1.29, 1.82) is 5.26 Å². The summed E-state index contributed by atoms with van der Waals surface area (Å²) in [5, 5.41) is 8.90. The van der Waals surface area contributed by atoms with E-state index in [2.05, 4.69) is 4.72 Å². The molecule has 1 fully saturated rings. The van der Waals surface area contributed by atoms with Crippen LogP contribution in [0.2, 0.25) is 0 Å². The molecule has 26 heavy (non-hydrogen) atoms. The molecule has 0 aromatic heterocycles. The van der Waals surface area contributed by atoms with Crippen LogP contribution in [0.5, 0.6) is 0 Å². The summed E-state index contributed by atoms with van der Waals surface area (Å²) in [6, 6.07) is 13.9. The number of benzene rings is 2. The summed E-state index contributed by atoms with van der Waals surface area (Å²) in [5.74, 6) is -0.146. The van der Waals surface area contributed by atoms with Crippen LogP contribution in [0.15, 0.2) is 53.4 Å². The van der Waals surface area contributed by atoms with Gasteiger partial charge < -0.3 is 9.64 Å². The second kappa shape index (κ2) is 7.56. The second-order valence-electron chi connectivity index (χ2n) is 5.73. The van der Waals surface area contributed by atoms with Gasteiger partial charge >= 0.3 is 0 Å². The fraction of sp³-hybridized carbons (Fsp3) is 0.222. The third-order valence-corrected chi connectivity index (χ3v) is 5.35. The third-order valence-electron chi connectivity index (χ3n) is 3.95. The summed E-state index contributed by atoms with van der Waals surface area (Å²) in [6.45, 7) is 2.05. The molecule has 8 heteroatoms. The van der Waals surface area contributed by atoms with Crippen molar-refractivity contribution in [2.45, 2.75) is 4.90 Å². The van der Waals surface area contributed by atoms with Crippen LogP contribution < -0.4 is 4.72 Å². The van der Waals surface area contributed by atoms with Crippen LogP contribution >= 0.6 is 0 Å². The first-order valence-corrected chi connectivity index (χ1v) is 9.48. The molecule has 1 amide bonds. The van der Waals surface area contributed by atoms with E-state index in [9.17, 15) is 13.2 Å². The van der Waals surface area contributed by atoms with E-state index >= 15 is 0 Å². The number of nitrogens with one attached hydrogen (secondary N) is 1. The van der Waals surface area contributed by atoms with Gasteiger partial charge in [-0.1, -0.05) is 6.07 Å². The Balaban J connectivity index is 1.76. The Morgan fingerprint density at radius 2 is 1.81 bits per heavy atom. The van der Waals surface area contributed by atoms with Gasteiger partial charge in [-0.25, -0.2) is 8.42 Å². The van der Waals surface area contributed by atoms with E-state index in [4.69, 9.17) is 10.00 Å². The van der Waals surface area contributed by atoms with E-state index in [-0.39, 0.29) is 10.8 Å². The van der Waals surface area contributed by atoms with Crippen molar-refractivity contribution in [3.05, 3.63) is 59.7 Å². The summed E-state index contributed by atoms with van der Waals surface area (Å²) < 4.78 is 32.6. The SMILES string of the molecule is N#Cc1cccc(NS(=O)(=O)c2ccc(C(=O)N3CCOCC3)cc2)c1. The van der Waals surface area contributed by atoms with Gasteiger partial charge in [0.15, 0.2) is 0 Å². The average Bonchev–Trinajstić information content (AvgIpc) is 2.68. The lowest BCUT2D eigenvalue weighted by molar-refractivity contribution is 0.0303. The molecule has 0 atom stereocenters. The maximum absolute atomic E-state index is 12.5. The smallest absolute Gasteiger partial charge is 0.261 e. The summed E-state index contributed by atoms with van der Waals surface area (Å²) in [4.78, 5) is 14.1. The highest BCUT2D eigenvalue weighted by atomic mass is 32.2. The number of nitriles is 1. The van der Waals surface area contributed by atoms with Crippen LogP contribution in [0.1, 0.15) is 15.9 Å². The number of carbonyl (C=O) groups excluding carboxylic acids is 1. The van der Waals surface area contributed by atoms with Gasteiger partial charge in [0.2, 0.25) is 0 Å². The van der Waals surface area contributed by atoms with Gasteiger partial charge in [-0.3, -0.25) is 9.52 Å². The first-order valence-electron chi connectivity index (χ1n) is 8.00. The molecule has 0 aliphatic carbocycles. The van der Waals surface area contributed by atoms with Crippen LogP contribution in [-0.4, -0.2) is 45.5 Å². The zero-order valence-electron chi connectivity index (χ0n) is 13.9. The highest BCUT2D eigenvalue weighted by molar-refractivity contribution is 7.92. The fourth-order valence-corrected chi connectivity index (χ4v) is 3.64. The van der Waals surface area contributed by atoms with Crippen LogP contribution in [0.25, 0.3) is 0 Å². The molecule has 2 aromatic rings. The molecule has 1 aliphatic rings. The topological polar surface area (TPSA) is 99.5 Å². The van der Waals surface area contributed by atoms with Crippen molar-refractivity contribution < 1.29 is 17.9 Å². The lowest BCUT2D eigenvalue weighted by atomic mass is 10.2. The third kappa shape index (κ3) is 4.02. The maximum Gasteiger partial charge on any atom is 0.261 e. The van der Waals surface area contributed by atoms with Crippen LogP contribution in [0.4, 0.5) is 5.69 Å². The van der Waals surface area contributed by atoms with Gasteiger partial charge in [-0.2, -0.15) is 5.26 Å². The molecule has 1 aliphatic heterocycles. The fourth-order valence-electron chi connectivity index (χ4n) is 2.59. The highest BCUT2D eigenvalue weighted by Gasteiger charge is 2.20. The Morgan fingerprint density at radius 1 is 1.12 bits per heavy atom. The first-order chi connectivity index (χ1) is 12.5. The minimum Gasteiger partial charge on any atom is -0.378 e. The monoisotopic (exact) mass is 371 g/mol. The molecule has 3 rings (SSSR count). The van der Waals surface area contributed by atoms with Crippen LogP contribution in [-0.2, 0) is 14.8 Å². The molecule has 2 aromatic carbocycles. The molecule has 0 radical (unpaired) electrons. The summed E-state index contributed by atoms with van der Waals surface area (Å²) >= 11 is 0. The Hall–Kier alpha value is -2.89. The molecule has 0 unspecified atom stereocenters. The van der Waals surface area contributed by atoms with E-state index in [0.717, 1.165) is 0 Å². The van der Waals surface area contributed by atoms with Crippen molar-refractivity contribution in [3.63, 3.8) is 0 Å². The Bertz CT molecular complexity index is 943. The molecule has 134 valence electrons. The van der Waals surface area contributed by atoms with E-state index < -0.39 is 10.0 Å². The minimum absolute atomic E-state index is 0.0402. The zero-order chi connectivity index (χ0) is 18.6. The maximum atomic E-state index is 12.5. The van der Waals surface area contributed by atoms with E-state index in [1.807, 2.05) is 6.07 Å². The number of carbonyl (C=O) groups is 1. The molecular weight excluding hydrogens is 354 g/mol. The van der Waals surface area contributed by atoms with Gasteiger partial charge in [0, 0.05) is 18.7 Å². The molecule has 7 nitrogen and oxygen atoms in total. The molecule has 1 heterocycles. The second-order valence-corrected chi connectivity index (χ2v) is 7.41. The largest absolute Gasteiger partial charge is 0.378 e. The number of rotatable bonds is 4. The molecule has 0 spiro atoms. The molecule has 0 bridgehead atoms. The van der Waals surface area contributed by atoms with Crippen LogP contribution in [0.3, 0.4) is 0 Å². The number of hydrogen-bond acceptors (Lipinski definition) is 5. The Labute approximate surface area is 151 Å². The standard InChI is InChI=1S/C18H17N3O4S/c19-13-14-2-1-3-16(12-14)20-26(23,24)17-6-4-15(5-7-17)18(22)21-8-10-25-11-9-21/h1-7,12,20H,8-11H2. The zero-order valence-corrected chi connectivity index (χ0v) is 14.7. The summed E-state index contributed by atoms with van der Waals surface area (Å²) in [6.07, 6.45) is 0. The van der Waals surface area contributed by atoms with Crippen molar-refractivity contribution in [2.75, 3.05) is 31.0 Å². The predicted octanol–water partition coefficient (Wildman–Crippen LogP) is 1.83. The summed E-state index contributed by atoms with van der Waals surface area (Å²) in [5.41, 5.74) is 1.09. The normalized spacial score (nSPS) is 14.5. The van der Waals surface area contributed by atoms with E-state index in [1.165, 1.54) is 30.3 Å². The highest BCUT2D eigenvalue weighted by Crippen LogP contribution is 2.18. The lowest BCUT2D eigenvalue weighted by Crippen LogP contribution is -2.40. The number of anilines is 1. The van der Waals surface area contributed by atoms with Gasteiger partial charge in [0.25, 0.3) is 15.9 Å². The van der Waals surface area contributed by atoms with Gasteiger partial charge in [0.1, 0.15) is 0 Å². The first kappa shape index (κ1) is 17.9. The van der Waals surface area contributed by atoms with Gasteiger partial charge in [-0.05, 0) is 42.5 Å². The molecule has 1 saturated heterocycles. The lowest BCUT2D eigenvalue weighted by Gasteiger charge is -2.26.